The van der Waals surface area contributed by atoms with Crippen LogP contribution in [0.4, 0.5) is 4.39 Å². The lowest BCUT2D eigenvalue weighted by Crippen LogP contribution is -2.22. The minimum absolute atomic E-state index is 0.0462. The van der Waals surface area contributed by atoms with Gasteiger partial charge in [-0.15, -0.1) is 0 Å². The van der Waals surface area contributed by atoms with E-state index in [1.807, 2.05) is 0 Å². The zero-order valence-corrected chi connectivity index (χ0v) is 11.1. The number of halogens is 2. The van der Waals surface area contributed by atoms with Gasteiger partial charge >= 0.3 is 0 Å². The first kappa shape index (κ1) is 14.4. The van der Waals surface area contributed by atoms with E-state index in [1.54, 1.807) is 6.92 Å². The molecular weight excluding hydrogens is 265 g/mol. The molecule has 3 nitrogen and oxygen atoms in total. The van der Waals surface area contributed by atoms with Crippen LogP contribution in [0.1, 0.15) is 12.5 Å². The summed E-state index contributed by atoms with van der Waals surface area (Å²) >= 11 is 5.70. The Morgan fingerprint density at radius 1 is 1.47 bits per heavy atom. The maximum Gasteiger partial charge on any atom is 0.154 e. The van der Waals surface area contributed by atoms with E-state index in [2.05, 4.69) is 0 Å². The molecule has 1 rings (SSSR count). The fraction of sp³-hybridized carbons (Fsp3) is 0.455. The van der Waals surface area contributed by atoms with Crippen LogP contribution in [0.25, 0.3) is 0 Å². The lowest BCUT2D eigenvalue weighted by molar-refractivity contribution is 0.568. The first-order chi connectivity index (χ1) is 7.84. The quantitative estimate of drug-likeness (QED) is 0.897. The fourth-order valence-electron chi connectivity index (χ4n) is 1.45. The summed E-state index contributed by atoms with van der Waals surface area (Å²) in [7, 11) is -3.36. The molecule has 1 aromatic rings. The molecule has 0 radical (unpaired) electrons. The summed E-state index contributed by atoms with van der Waals surface area (Å²) in [5.41, 5.74) is 5.47. The Morgan fingerprint density at radius 3 is 2.71 bits per heavy atom. The summed E-state index contributed by atoms with van der Waals surface area (Å²) in [5.74, 6) is -1.08. The van der Waals surface area contributed by atoms with Crippen molar-refractivity contribution in [1.29, 1.82) is 0 Å². The van der Waals surface area contributed by atoms with Gasteiger partial charge in [0, 0.05) is 10.6 Å². The maximum absolute atomic E-state index is 13.4. The lowest BCUT2D eigenvalue weighted by Gasteiger charge is -2.10. The highest BCUT2D eigenvalue weighted by atomic mass is 35.5. The fourth-order valence-corrected chi connectivity index (χ4v) is 3.46. The highest BCUT2D eigenvalue weighted by Gasteiger charge is 2.18. The Kier molecular flexibility index (Phi) is 4.91. The monoisotopic (exact) mass is 279 g/mol. The zero-order chi connectivity index (χ0) is 13.1. The molecule has 0 aromatic heterocycles. The predicted octanol–water partition coefficient (Wildman–Crippen LogP) is 1.99. The molecule has 6 heteroatoms. The summed E-state index contributed by atoms with van der Waals surface area (Å²) < 4.78 is 36.9. The van der Waals surface area contributed by atoms with Gasteiger partial charge in [0.1, 0.15) is 5.82 Å². The van der Waals surface area contributed by atoms with E-state index in [0.29, 0.717) is 5.02 Å². The Morgan fingerprint density at radius 2 is 2.12 bits per heavy atom. The van der Waals surface area contributed by atoms with Crippen LogP contribution in [-0.2, 0) is 15.6 Å². The number of benzene rings is 1. The molecule has 0 aliphatic rings. The van der Waals surface area contributed by atoms with Gasteiger partial charge in [0.2, 0.25) is 0 Å². The minimum atomic E-state index is -3.36. The van der Waals surface area contributed by atoms with Crippen molar-refractivity contribution in [3.8, 4) is 0 Å². The van der Waals surface area contributed by atoms with Crippen molar-refractivity contribution in [2.24, 2.45) is 11.7 Å². The minimum Gasteiger partial charge on any atom is -0.330 e. The van der Waals surface area contributed by atoms with Crippen LogP contribution in [0.5, 0.6) is 0 Å². The van der Waals surface area contributed by atoms with Crippen molar-refractivity contribution >= 4 is 21.4 Å². The second-order valence-corrected chi connectivity index (χ2v) is 6.68. The van der Waals surface area contributed by atoms with E-state index in [1.165, 1.54) is 18.2 Å². The summed E-state index contributed by atoms with van der Waals surface area (Å²) in [6.07, 6.45) is 0. The lowest BCUT2D eigenvalue weighted by atomic mass is 10.2. The van der Waals surface area contributed by atoms with E-state index in [-0.39, 0.29) is 29.5 Å². The van der Waals surface area contributed by atoms with Crippen LogP contribution in [0.15, 0.2) is 18.2 Å². The van der Waals surface area contributed by atoms with E-state index in [4.69, 9.17) is 17.3 Å². The van der Waals surface area contributed by atoms with Crippen LogP contribution in [-0.4, -0.2) is 20.7 Å². The molecule has 0 saturated carbocycles. The number of hydrogen-bond donors (Lipinski definition) is 1. The molecule has 2 N–H and O–H groups in total. The molecule has 0 fully saturated rings. The Bertz CT molecular complexity index is 490. The molecule has 0 saturated heterocycles. The van der Waals surface area contributed by atoms with Crippen LogP contribution in [0.3, 0.4) is 0 Å². The molecule has 1 aromatic carbocycles. The van der Waals surface area contributed by atoms with Crippen LogP contribution >= 0.6 is 11.6 Å². The van der Waals surface area contributed by atoms with Gasteiger partial charge in [-0.05, 0) is 30.7 Å². The molecule has 0 aliphatic carbocycles. The van der Waals surface area contributed by atoms with E-state index in [9.17, 15) is 12.8 Å². The number of sulfone groups is 1. The Labute approximate surface area is 106 Å². The second-order valence-electron chi connectivity index (χ2n) is 4.13. The average Bonchev–Trinajstić information content (AvgIpc) is 2.22. The Hall–Kier alpha value is -0.650. The highest BCUT2D eigenvalue weighted by molar-refractivity contribution is 7.90. The van der Waals surface area contributed by atoms with Crippen molar-refractivity contribution < 1.29 is 12.8 Å². The van der Waals surface area contributed by atoms with Gasteiger partial charge in [0.05, 0.1) is 11.5 Å². The van der Waals surface area contributed by atoms with E-state index < -0.39 is 15.7 Å². The summed E-state index contributed by atoms with van der Waals surface area (Å²) in [4.78, 5) is 0. The summed E-state index contributed by atoms with van der Waals surface area (Å²) in [6, 6.07) is 3.89. The molecule has 0 heterocycles. The SMILES string of the molecule is CC(CN)CS(=O)(=O)Cc1cc(Cl)ccc1F. The summed E-state index contributed by atoms with van der Waals surface area (Å²) in [6.45, 7) is 2.03. The first-order valence-electron chi connectivity index (χ1n) is 5.18. The van der Waals surface area contributed by atoms with Crippen molar-refractivity contribution in [2.75, 3.05) is 12.3 Å². The van der Waals surface area contributed by atoms with E-state index >= 15 is 0 Å². The van der Waals surface area contributed by atoms with E-state index in [0.717, 1.165) is 0 Å². The highest BCUT2D eigenvalue weighted by Crippen LogP contribution is 2.18. The maximum atomic E-state index is 13.4. The largest absolute Gasteiger partial charge is 0.330 e. The van der Waals surface area contributed by atoms with Crippen LogP contribution in [0, 0.1) is 11.7 Å². The molecule has 0 bridgehead atoms. The van der Waals surface area contributed by atoms with Crippen molar-refractivity contribution in [2.45, 2.75) is 12.7 Å². The summed E-state index contributed by atoms with van der Waals surface area (Å²) in [5, 5.41) is 0.323. The normalized spacial score (nSPS) is 13.6. The molecule has 96 valence electrons. The van der Waals surface area contributed by atoms with Crippen LogP contribution in [0.2, 0.25) is 5.02 Å². The third kappa shape index (κ3) is 4.61. The van der Waals surface area contributed by atoms with Gasteiger partial charge in [-0.25, -0.2) is 12.8 Å². The van der Waals surface area contributed by atoms with Crippen LogP contribution < -0.4 is 5.73 Å². The smallest absolute Gasteiger partial charge is 0.154 e. The van der Waals surface area contributed by atoms with Crippen molar-refractivity contribution in [3.05, 3.63) is 34.6 Å². The Balaban J connectivity index is 2.86. The van der Waals surface area contributed by atoms with Gasteiger partial charge in [-0.1, -0.05) is 18.5 Å². The third-order valence-electron chi connectivity index (χ3n) is 2.32. The molecule has 1 unspecified atom stereocenters. The average molecular weight is 280 g/mol. The molecule has 0 spiro atoms. The molecule has 1 atom stereocenters. The number of nitrogens with two attached hydrogens (primary N) is 1. The third-order valence-corrected chi connectivity index (χ3v) is 4.39. The van der Waals surface area contributed by atoms with Gasteiger partial charge < -0.3 is 5.73 Å². The van der Waals surface area contributed by atoms with Crippen molar-refractivity contribution in [3.63, 3.8) is 0 Å². The first-order valence-corrected chi connectivity index (χ1v) is 7.38. The molecule has 0 amide bonds. The molecular formula is C11H15ClFNO2S. The second kappa shape index (κ2) is 5.80. The predicted molar refractivity (Wildman–Crippen MR) is 67.1 cm³/mol. The van der Waals surface area contributed by atoms with Gasteiger partial charge in [-0.3, -0.25) is 0 Å². The topological polar surface area (TPSA) is 60.2 Å². The number of hydrogen-bond acceptors (Lipinski definition) is 3. The number of rotatable bonds is 5. The standard InChI is InChI=1S/C11H15ClFNO2S/c1-8(5-14)6-17(15,16)7-9-4-10(12)2-3-11(9)13/h2-4,8H,5-7,14H2,1H3. The van der Waals surface area contributed by atoms with Gasteiger partial charge in [0.25, 0.3) is 0 Å². The molecule has 17 heavy (non-hydrogen) atoms. The molecule has 0 aliphatic heterocycles. The van der Waals surface area contributed by atoms with Gasteiger partial charge in [-0.2, -0.15) is 0 Å². The van der Waals surface area contributed by atoms with Gasteiger partial charge in [0.15, 0.2) is 9.84 Å². The zero-order valence-electron chi connectivity index (χ0n) is 9.49. The van der Waals surface area contributed by atoms with Crippen molar-refractivity contribution in [1.82, 2.24) is 0 Å².